The van der Waals surface area contributed by atoms with Crippen LogP contribution in [0.25, 0.3) is 0 Å². The number of hydrogen-bond donors (Lipinski definition) is 0. The van der Waals surface area contributed by atoms with Crippen LogP contribution < -0.4 is 4.90 Å². The van der Waals surface area contributed by atoms with E-state index in [2.05, 4.69) is 63.6 Å². The minimum absolute atomic E-state index is 0.790. The van der Waals surface area contributed by atoms with E-state index < -0.39 is 0 Å². The Hall–Kier alpha value is -3.24. The molecule has 1 aliphatic rings. The lowest BCUT2D eigenvalue weighted by Gasteiger charge is -2.28. The van der Waals surface area contributed by atoms with Gasteiger partial charge in [-0.15, -0.1) is 5.10 Å². The third kappa shape index (κ3) is 4.79. The van der Waals surface area contributed by atoms with E-state index in [1.54, 1.807) is 0 Å². The van der Waals surface area contributed by atoms with E-state index in [1.165, 1.54) is 5.69 Å². The third-order valence-corrected chi connectivity index (χ3v) is 5.06. The van der Waals surface area contributed by atoms with Gasteiger partial charge in [-0.3, -0.25) is 0 Å². The van der Waals surface area contributed by atoms with Crippen molar-refractivity contribution in [3.05, 3.63) is 102 Å². The molecule has 4 rings (SSSR count). The highest BCUT2D eigenvalue weighted by atomic mass is 16.5. The largest absolute Gasteiger partial charge is 0.378 e. The van der Waals surface area contributed by atoms with E-state index in [1.807, 2.05) is 43.3 Å². The Morgan fingerprint density at radius 2 is 1.24 bits per heavy atom. The van der Waals surface area contributed by atoms with Gasteiger partial charge in [0.15, 0.2) is 0 Å². The number of nitrogens with zero attached hydrogens (tertiary/aromatic N) is 3. The van der Waals surface area contributed by atoms with Crippen molar-refractivity contribution >= 4 is 17.1 Å². The molecule has 4 heteroatoms. The molecule has 4 nitrogen and oxygen atoms in total. The van der Waals surface area contributed by atoms with Crippen molar-refractivity contribution in [3.63, 3.8) is 0 Å². The molecule has 1 saturated heterocycles. The fourth-order valence-corrected chi connectivity index (χ4v) is 3.39. The van der Waals surface area contributed by atoms with Crippen molar-refractivity contribution < 1.29 is 4.74 Å². The van der Waals surface area contributed by atoms with Gasteiger partial charge in [0, 0.05) is 29.9 Å². The van der Waals surface area contributed by atoms with Crippen LogP contribution in [0.4, 0.5) is 5.69 Å². The van der Waals surface area contributed by atoms with Crippen LogP contribution in [-0.4, -0.2) is 37.7 Å². The van der Waals surface area contributed by atoms with Gasteiger partial charge in [-0.05, 0) is 24.6 Å². The maximum atomic E-state index is 5.43. The van der Waals surface area contributed by atoms with Gasteiger partial charge in [0.1, 0.15) is 5.71 Å². The highest BCUT2D eigenvalue weighted by Crippen LogP contribution is 2.17. The zero-order valence-electron chi connectivity index (χ0n) is 16.7. The number of benzene rings is 3. The number of morpholine rings is 1. The molecule has 0 bridgehead atoms. The minimum atomic E-state index is 0.790. The average molecular weight is 383 g/mol. The third-order valence-electron chi connectivity index (χ3n) is 5.06. The first-order chi connectivity index (χ1) is 14.3. The second-order valence-electron chi connectivity index (χ2n) is 7.01. The predicted molar refractivity (Wildman–Crippen MR) is 120 cm³/mol. The number of hydrogen-bond acceptors (Lipinski definition) is 4. The minimum Gasteiger partial charge on any atom is -0.378 e. The van der Waals surface area contributed by atoms with Crippen molar-refractivity contribution in [1.82, 2.24) is 0 Å². The molecular weight excluding hydrogens is 358 g/mol. The molecule has 0 aromatic heterocycles. The first-order valence-electron chi connectivity index (χ1n) is 9.97. The van der Waals surface area contributed by atoms with Crippen LogP contribution in [0, 0.1) is 0 Å². The highest BCUT2D eigenvalue weighted by Gasteiger charge is 2.11. The molecule has 0 unspecified atom stereocenters. The quantitative estimate of drug-likeness (QED) is 0.469. The van der Waals surface area contributed by atoms with E-state index in [4.69, 9.17) is 4.74 Å². The lowest BCUT2D eigenvalue weighted by molar-refractivity contribution is 0.122. The smallest absolute Gasteiger partial charge is 0.100 e. The van der Waals surface area contributed by atoms with Gasteiger partial charge in [0.2, 0.25) is 0 Å². The second-order valence-corrected chi connectivity index (χ2v) is 7.01. The van der Waals surface area contributed by atoms with Crippen molar-refractivity contribution in [2.24, 2.45) is 10.2 Å². The lowest BCUT2D eigenvalue weighted by Crippen LogP contribution is -2.36. The Morgan fingerprint density at radius 3 is 1.79 bits per heavy atom. The molecule has 0 spiro atoms. The summed E-state index contributed by atoms with van der Waals surface area (Å²) in [5.41, 5.74) is 6.17. The molecule has 0 N–H and O–H groups in total. The summed E-state index contributed by atoms with van der Waals surface area (Å²) in [7, 11) is 0. The first-order valence-corrected chi connectivity index (χ1v) is 9.97. The van der Waals surface area contributed by atoms with Crippen LogP contribution in [0.2, 0.25) is 0 Å². The zero-order chi connectivity index (χ0) is 19.9. The maximum Gasteiger partial charge on any atom is 0.100 e. The second kappa shape index (κ2) is 9.30. The Labute approximate surface area is 172 Å². The van der Waals surface area contributed by atoms with E-state index in [0.29, 0.717) is 0 Å². The standard InChI is InChI=1S/C25H25N3O/c1-20(21-12-14-24(15-13-21)28-16-18-29-19-17-28)26-27-25(22-8-4-2-5-9-22)23-10-6-3-7-11-23/h2-15H,16-19H2,1H3/b26-20+. The summed E-state index contributed by atoms with van der Waals surface area (Å²) in [5.74, 6) is 0. The summed E-state index contributed by atoms with van der Waals surface area (Å²) < 4.78 is 5.43. The molecule has 1 aliphatic heterocycles. The van der Waals surface area contributed by atoms with Gasteiger partial charge in [0.25, 0.3) is 0 Å². The highest BCUT2D eigenvalue weighted by molar-refractivity contribution is 6.13. The molecule has 1 fully saturated rings. The Bertz CT molecular complexity index is 932. The molecule has 0 radical (unpaired) electrons. The Kier molecular flexibility index (Phi) is 6.13. The van der Waals surface area contributed by atoms with Crippen molar-refractivity contribution in [1.29, 1.82) is 0 Å². The van der Waals surface area contributed by atoms with Gasteiger partial charge in [-0.25, -0.2) is 0 Å². The van der Waals surface area contributed by atoms with Gasteiger partial charge in [0.05, 0.1) is 18.9 Å². The fraction of sp³-hybridized carbons (Fsp3) is 0.200. The van der Waals surface area contributed by atoms with Crippen LogP contribution in [0.1, 0.15) is 23.6 Å². The topological polar surface area (TPSA) is 37.2 Å². The van der Waals surface area contributed by atoms with E-state index in [0.717, 1.165) is 54.4 Å². The molecule has 3 aromatic carbocycles. The molecule has 3 aromatic rings. The molecule has 0 aliphatic carbocycles. The summed E-state index contributed by atoms with van der Waals surface area (Å²) in [5, 5.41) is 9.19. The van der Waals surface area contributed by atoms with Crippen molar-refractivity contribution in [2.45, 2.75) is 6.92 Å². The molecule has 146 valence electrons. The number of rotatable bonds is 5. The van der Waals surface area contributed by atoms with Crippen molar-refractivity contribution in [3.8, 4) is 0 Å². The van der Waals surface area contributed by atoms with Crippen LogP contribution in [0.5, 0.6) is 0 Å². The lowest BCUT2D eigenvalue weighted by atomic mass is 10.0. The van der Waals surface area contributed by atoms with Crippen LogP contribution >= 0.6 is 0 Å². The van der Waals surface area contributed by atoms with E-state index in [-0.39, 0.29) is 0 Å². The zero-order valence-corrected chi connectivity index (χ0v) is 16.7. The predicted octanol–water partition coefficient (Wildman–Crippen LogP) is 4.78. The van der Waals surface area contributed by atoms with E-state index >= 15 is 0 Å². The van der Waals surface area contributed by atoms with Crippen LogP contribution in [0.3, 0.4) is 0 Å². The van der Waals surface area contributed by atoms with Crippen molar-refractivity contribution in [2.75, 3.05) is 31.2 Å². The summed E-state index contributed by atoms with van der Waals surface area (Å²) >= 11 is 0. The maximum absolute atomic E-state index is 5.43. The van der Waals surface area contributed by atoms with Gasteiger partial charge in [-0.1, -0.05) is 72.8 Å². The molecule has 29 heavy (non-hydrogen) atoms. The molecule has 0 saturated carbocycles. The molecular formula is C25H25N3O. The van der Waals surface area contributed by atoms with Crippen LogP contribution in [0.15, 0.2) is 95.1 Å². The Morgan fingerprint density at radius 1 is 0.690 bits per heavy atom. The first kappa shape index (κ1) is 19.1. The summed E-state index contributed by atoms with van der Waals surface area (Å²) in [4.78, 5) is 2.35. The molecule has 0 atom stereocenters. The summed E-state index contributed by atoms with van der Waals surface area (Å²) in [6, 6.07) is 28.9. The molecule has 0 amide bonds. The fourth-order valence-electron chi connectivity index (χ4n) is 3.39. The Balaban J connectivity index is 1.60. The average Bonchev–Trinajstić information content (AvgIpc) is 2.81. The van der Waals surface area contributed by atoms with E-state index in [9.17, 15) is 0 Å². The molecule has 1 heterocycles. The van der Waals surface area contributed by atoms with Gasteiger partial charge < -0.3 is 9.64 Å². The number of ether oxygens (including phenoxy) is 1. The normalized spacial score (nSPS) is 14.5. The summed E-state index contributed by atoms with van der Waals surface area (Å²) in [6.07, 6.45) is 0. The van der Waals surface area contributed by atoms with Crippen LogP contribution in [-0.2, 0) is 4.74 Å². The number of anilines is 1. The summed E-state index contributed by atoms with van der Waals surface area (Å²) in [6.45, 7) is 5.46. The SMILES string of the molecule is C/C(=N\N=C(c1ccccc1)c1ccccc1)c1ccc(N2CCOCC2)cc1. The van der Waals surface area contributed by atoms with Gasteiger partial charge >= 0.3 is 0 Å². The van der Waals surface area contributed by atoms with Gasteiger partial charge in [-0.2, -0.15) is 5.10 Å². The monoisotopic (exact) mass is 383 g/mol.